The number of nitrogens with two attached hydrogens (primary N) is 1. The van der Waals surface area contributed by atoms with E-state index in [1.54, 1.807) is 12.1 Å². The van der Waals surface area contributed by atoms with Crippen LogP contribution in [0.2, 0.25) is 5.02 Å². The Morgan fingerprint density at radius 1 is 1.27 bits per heavy atom. The van der Waals surface area contributed by atoms with Gasteiger partial charge in [-0.1, -0.05) is 23.2 Å². The second kappa shape index (κ2) is 9.17. The van der Waals surface area contributed by atoms with E-state index >= 15 is 0 Å². The highest BCUT2D eigenvalue weighted by atomic mass is 35.5. The van der Waals surface area contributed by atoms with Crippen LogP contribution in [0.1, 0.15) is 28.8 Å². The Bertz CT molecular complexity index is 811. The van der Waals surface area contributed by atoms with Crippen LogP contribution in [0.4, 0.5) is 11.4 Å². The summed E-state index contributed by atoms with van der Waals surface area (Å²) >= 11 is 6.03. The Kier molecular flexibility index (Phi) is 6.94. The third kappa shape index (κ3) is 5.18. The van der Waals surface area contributed by atoms with E-state index in [0.29, 0.717) is 24.5 Å². The molecule has 0 spiro atoms. The summed E-state index contributed by atoms with van der Waals surface area (Å²) in [5, 5.41) is 13.5. The van der Waals surface area contributed by atoms with Crippen molar-refractivity contribution in [1.82, 2.24) is 0 Å². The van der Waals surface area contributed by atoms with Gasteiger partial charge in [-0.3, -0.25) is 14.9 Å². The maximum absolute atomic E-state index is 12.6. The minimum absolute atomic E-state index is 0.0885. The lowest BCUT2D eigenvalue weighted by Gasteiger charge is -2.13. The summed E-state index contributed by atoms with van der Waals surface area (Å²) in [6, 6.07) is 9.18. The van der Waals surface area contributed by atoms with E-state index in [4.69, 9.17) is 22.1 Å². The first-order valence-corrected chi connectivity index (χ1v) is 8.49. The van der Waals surface area contributed by atoms with E-state index < -0.39 is 10.8 Å². The number of anilines is 1. The summed E-state index contributed by atoms with van der Waals surface area (Å²) in [6.07, 6.45) is 1.63. The van der Waals surface area contributed by atoms with Gasteiger partial charge in [0, 0.05) is 12.1 Å². The third-order valence-electron chi connectivity index (χ3n) is 3.65. The SMILES string of the molecule is Cc1ccc(OCCCCN)c(C(=O)Nc2ccc([N+](=O)[O-])cc2Cl)c1. The van der Waals surface area contributed by atoms with E-state index in [1.807, 2.05) is 13.0 Å². The fourth-order valence-electron chi connectivity index (χ4n) is 2.28. The van der Waals surface area contributed by atoms with Gasteiger partial charge in [-0.15, -0.1) is 0 Å². The number of nitrogens with zero attached hydrogens (tertiary/aromatic N) is 1. The van der Waals surface area contributed by atoms with Gasteiger partial charge in [0.2, 0.25) is 0 Å². The molecule has 7 nitrogen and oxygen atoms in total. The number of hydrogen-bond acceptors (Lipinski definition) is 5. The number of hydrogen-bond donors (Lipinski definition) is 2. The van der Waals surface area contributed by atoms with Gasteiger partial charge in [0.15, 0.2) is 0 Å². The molecule has 0 aliphatic heterocycles. The van der Waals surface area contributed by atoms with Crippen LogP contribution < -0.4 is 15.8 Å². The van der Waals surface area contributed by atoms with Crippen LogP contribution in [-0.4, -0.2) is 24.0 Å². The highest BCUT2D eigenvalue weighted by Crippen LogP contribution is 2.28. The van der Waals surface area contributed by atoms with Crippen LogP contribution in [0.15, 0.2) is 36.4 Å². The van der Waals surface area contributed by atoms with Crippen molar-refractivity contribution >= 4 is 28.9 Å². The molecule has 0 aliphatic rings. The number of nitro benzene ring substituents is 1. The zero-order valence-electron chi connectivity index (χ0n) is 14.3. The van der Waals surface area contributed by atoms with Crippen LogP contribution >= 0.6 is 11.6 Å². The summed E-state index contributed by atoms with van der Waals surface area (Å²) in [5.74, 6) is 0.0569. The van der Waals surface area contributed by atoms with Gasteiger partial charge < -0.3 is 15.8 Å². The van der Waals surface area contributed by atoms with E-state index in [2.05, 4.69) is 5.32 Å². The number of nitrogens with one attached hydrogen (secondary N) is 1. The smallest absolute Gasteiger partial charge is 0.271 e. The van der Waals surface area contributed by atoms with Crippen molar-refractivity contribution < 1.29 is 14.5 Å². The maximum Gasteiger partial charge on any atom is 0.271 e. The quantitative estimate of drug-likeness (QED) is 0.411. The molecule has 0 saturated heterocycles. The Hall–Kier alpha value is -2.64. The molecule has 3 N–H and O–H groups in total. The van der Waals surface area contributed by atoms with Gasteiger partial charge in [-0.2, -0.15) is 0 Å². The van der Waals surface area contributed by atoms with Gasteiger partial charge in [0.05, 0.1) is 27.8 Å². The molecule has 0 radical (unpaired) electrons. The number of nitro groups is 1. The first kappa shape index (κ1) is 19.7. The number of halogens is 1. The van der Waals surface area contributed by atoms with Gasteiger partial charge in [0.25, 0.3) is 11.6 Å². The molecule has 0 saturated carbocycles. The lowest BCUT2D eigenvalue weighted by molar-refractivity contribution is -0.384. The number of carbonyl (C=O) groups excluding carboxylic acids is 1. The molecular weight excluding hydrogens is 358 g/mol. The minimum Gasteiger partial charge on any atom is -0.493 e. The third-order valence-corrected chi connectivity index (χ3v) is 3.96. The van der Waals surface area contributed by atoms with Gasteiger partial charge in [0.1, 0.15) is 5.75 Å². The number of benzene rings is 2. The number of unbranched alkanes of at least 4 members (excludes halogenated alkanes) is 1. The van der Waals surface area contributed by atoms with Crippen molar-refractivity contribution in [2.75, 3.05) is 18.5 Å². The van der Waals surface area contributed by atoms with E-state index in [0.717, 1.165) is 18.4 Å². The molecule has 0 aromatic heterocycles. The number of non-ortho nitro benzene ring substituents is 1. The molecule has 0 atom stereocenters. The molecule has 0 fully saturated rings. The molecule has 2 aromatic carbocycles. The van der Waals surface area contributed by atoms with Gasteiger partial charge in [-0.25, -0.2) is 0 Å². The molecule has 2 rings (SSSR count). The summed E-state index contributed by atoms with van der Waals surface area (Å²) < 4.78 is 5.70. The summed E-state index contributed by atoms with van der Waals surface area (Å²) in [5.41, 5.74) is 6.87. The zero-order valence-corrected chi connectivity index (χ0v) is 15.1. The van der Waals surface area contributed by atoms with Gasteiger partial charge in [-0.05, 0) is 44.5 Å². The normalized spacial score (nSPS) is 10.4. The van der Waals surface area contributed by atoms with Crippen molar-refractivity contribution in [3.8, 4) is 5.75 Å². The second-order valence-corrected chi connectivity index (χ2v) is 6.13. The molecular formula is C18H20ClN3O4. The monoisotopic (exact) mass is 377 g/mol. The average Bonchev–Trinajstić information content (AvgIpc) is 2.61. The first-order valence-electron chi connectivity index (χ1n) is 8.11. The molecule has 0 heterocycles. The summed E-state index contributed by atoms with van der Waals surface area (Å²) in [6.45, 7) is 2.91. The van der Waals surface area contributed by atoms with Crippen molar-refractivity contribution in [2.45, 2.75) is 19.8 Å². The largest absolute Gasteiger partial charge is 0.493 e. The number of carbonyl (C=O) groups is 1. The van der Waals surface area contributed by atoms with Gasteiger partial charge >= 0.3 is 0 Å². The number of rotatable bonds is 8. The topological polar surface area (TPSA) is 107 Å². The summed E-state index contributed by atoms with van der Waals surface area (Å²) in [4.78, 5) is 22.9. The molecule has 0 aliphatic carbocycles. The molecule has 0 bridgehead atoms. The van der Waals surface area contributed by atoms with Crippen molar-refractivity contribution in [3.05, 3.63) is 62.7 Å². The van der Waals surface area contributed by atoms with Crippen molar-refractivity contribution in [2.24, 2.45) is 5.73 Å². The number of amides is 1. The van der Waals surface area contributed by atoms with E-state index in [-0.39, 0.29) is 16.4 Å². The van der Waals surface area contributed by atoms with Crippen LogP contribution in [0, 0.1) is 17.0 Å². The van der Waals surface area contributed by atoms with Crippen molar-refractivity contribution in [1.29, 1.82) is 0 Å². The highest BCUT2D eigenvalue weighted by molar-refractivity contribution is 6.34. The first-order chi connectivity index (χ1) is 12.4. The molecule has 138 valence electrons. The number of aryl methyl sites for hydroxylation is 1. The molecule has 0 unspecified atom stereocenters. The lowest BCUT2D eigenvalue weighted by Crippen LogP contribution is -2.15. The second-order valence-electron chi connectivity index (χ2n) is 5.72. The van der Waals surface area contributed by atoms with Crippen LogP contribution in [-0.2, 0) is 0 Å². The predicted octanol–water partition coefficient (Wildman–Crippen LogP) is 3.93. The Labute approximate surface area is 156 Å². The molecule has 26 heavy (non-hydrogen) atoms. The highest BCUT2D eigenvalue weighted by Gasteiger charge is 2.16. The molecule has 2 aromatic rings. The van der Waals surface area contributed by atoms with Crippen LogP contribution in [0.5, 0.6) is 5.75 Å². The minimum atomic E-state index is -0.550. The van der Waals surface area contributed by atoms with Crippen molar-refractivity contribution in [3.63, 3.8) is 0 Å². The predicted molar refractivity (Wildman–Crippen MR) is 101 cm³/mol. The van der Waals surface area contributed by atoms with E-state index in [1.165, 1.54) is 18.2 Å². The molecule has 8 heteroatoms. The Balaban J connectivity index is 2.18. The van der Waals surface area contributed by atoms with E-state index in [9.17, 15) is 14.9 Å². The Morgan fingerprint density at radius 2 is 2.04 bits per heavy atom. The Morgan fingerprint density at radius 3 is 2.69 bits per heavy atom. The maximum atomic E-state index is 12.6. The standard InChI is InChI=1S/C18H20ClN3O4/c1-12-4-7-17(26-9-3-2-8-20)14(10-12)18(23)21-16-6-5-13(22(24)25)11-15(16)19/h4-7,10-11H,2-3,8-9,20H2,1H3,(H,21,23). The lowest BCUT2D eigenvalue weighted by atomic mass is 10.1. The average molecular weight is 378 g/mol. The zero-order chi connectivity index (χ0) is 19.1. The fourth-order valence-corrected chi connectivity index (χ4v) is 2.51. The number of ether oxygens (including phenoxy) is 1. The summed E-state index contributed by atoms with van der Waals surface area (Å²) in [7, 11) is 0. The fraction of sp³-hybridized carbons (Fsp3) is 0.278. The van der Waals surface area contributed by atoms with Crippen LogP contribution in [0.25, 0.3) is 0 Å². The molecule has 1 amide bonds. The van der Waals surface area contributed by atoms with Crippen LogP contribution in [0.3, 0.4) is 0 Å².